The number of nitrogens with one attached hydrogen (secondary N) is 1. The van der Waals surface area contributed by atoms with Crippen LogP contribution in [0.2, 0.25) is 0 Å². The number of sulfone groups is 1. The van der Waals surface area contributed by atoms with E-state index in [1.165, 1.54) is 6.07 Å². The second kappa shape index (κ2) is 6.05. The predicted molar refractivity (Wildman–Crippen MR) is 84.3 cm³/mol. The van der Waals surface area contributed by atoms with Gasteiger partial charge in [-0.05, 0) is 29.8 Å². The fraction of sp³-hybridized carbons (Fsp3) is 0.200. The molecule has 0 heterocycles. The van der Waals surface area contributed by atoms with E-state index >= 15 is 0 Å². The van der Waals surface area contributed by atoms with E-state index in [-0.39, 0.29) is 10.6 Å². The SMILES string of the molecule is COc1cccc(CNc2cccc(S(C)(=O)=O)c2N)c1. The molecule has 0 aromatic heterocycles. The third-order valence-electron chi connectivity index (χ3n) is 3.08. The molecule has 0 saturated heterocycles. The van der Waals surface area contributed by atoms with Gasteiger partial charge in [0.2, 0.25) is 0 Å². The van der Waals surface area contributed by atoms with Crippen molar-refractivity contribution in [1.29, 1.82) is 0 Å². The molecule has 0 amide bonds. The maximum absolute atomic E-state index is 11.6. The first-order chi connectivity index (χ1) is 9.91. The standard InChI is InChI=1S/C15H18N2O3S/c1-20-12-6-3-5-11(9-12)10-17-13-7-4-8-14(15(13)16)21(2,18)19/h3-9,17H,10,16H2,1-2H3. The van der Waals surface area contributed by atoms with E-state index < -0.39 is 9.84 Å². The molecule has 0 bridgehead atoms. The lowest BCUT2D eigenvalue weighted by atomic mass is 10.2. The molecule has 0 spiro atoms. The summed E-state index contributed by atoms with van der Waals surface area (Å²) in [5.41, 5.74) is 7.77. The van der Waals surface area contributed by atoms with Crippen molar-refractivity contribution < 1.29 is 13.2 Å². The molecule has 0 aliphatic carbocycles. The Hall–Kier alpha value is -2.21. The van der Waals surface area contributed by atoms with Gasteiger partial charge in [-0.15, -0.1) is 0 Å². The molecule has 2 aromatic rings. The topological polar surface area (TPSA) is 81.4 Å². The molecular formula is C15H18N2O3S. The summed E-state index contributed by atoms with van der Waals surface area (Å²) in [6.45, 7) is 0.522. The number of benzene rings is 2. The van der Waals surface area contributed by atoms with Crippen LogP contribution in [0, 0.1) is 0 Å². The van der Waals surface area contributed by atoms with Gasteiger partial charge in [0.1, 0.15) is 5.75 Å². The predicted octanol–water partition coefficient (Wildman–Crippen LogP) is 2.29. The zero-order valence-corrected chi connectivity index (χ0v) is 12.8. The maximum Gasteiger partial charge on any atom is 0.177 e. The van der Waals surface area contributed by atoms with E-state index in [2.05, 4.69) is 5.32 Å². The Bertz CT molecular complexity index is 742. The molecule has 2 rings (SSSR count). The van der Waals surface area contributed by atoms with Gasteiger partial charge in [0.05, 0.1) is 23.4 Å². The van der Waals surface area contributed by atoms with E-state index in [1.54, 1.807) is 19.2 Å². The maximum atomic E-state index is 11.6. The molecule has 0 saturated carbocycles. The highest BCUT2D eigenvalue weighted by atomic mass is 32.2. The van der Waals surface area contributed by atoms with Crippen molar-refractivity contribution in [2.45, 2.75) is 11.4 Å². The van der Waals surface area contributed by atoms with Gasteiger partial charge in [0, 0.05) is 12.8 Å². The van der Waals surface area contributed by atoms with Crippen molar-refractivity contribution in [2.75, 3.05) is 24.4 Å². The smallest absolute Gasteiger partial charge is 0.177 e. The Balaban J connectivity index is 2.21. The largest absolute Gasteiger partial charge is 0.497 e. The van der Waals surface area contributed by atoms with Crippen LogP contribution in [-0.2, 0) is 16.4 Å². The number of ether oxygens (including phenoxy) is 1. The van der Waals surface area contributed by atoms with Crippen LogP contribution in [0.25, 0.3) is 0 Å². The van der Waals surface area contributed by atoms with Crippen LogP contribution in [0.4, 0.5) is 11.4 Å². The Morgan fingerprint density at radius 1 is 1.19 bits per heavy atom. The number of methoxy groups -OCH3 is 1. The number of anilines is 2. The average molecular weight is 306 g/mol. The van der Waals surface area contributed by atoms with Gasteiger partial charge in [0.15, 0.2) is 9.84 Å². The normalized spacial score (nSPS) is 11.1. The molecule has 0 fully saturated rings. The molecule has 0 unspecified atom stereocenters. The summed E-state index contributed by atoms with van der Waals surface area (Å²) in [4.78, 5) is 0.137. The average Bonchev–Trinajstić information content (AvgIpc) is 2.45. The molecule has 3 N–H and O–H groups in total. The molecule has 112 valence electrons. The molecule has 5 nitrogen and oxygen atoms in total. The van der Waals surface area contributed by atoms with Gasteiger partial charge in [-0.25, -0.2) is 8.42 Å². The van der Waals surface area contributed by atoms with Crippen molar-refractivity contribution in [1.82, 2.24) is 0 Å². The minimum absolute atomic E-state index is 0.137. The van der Waals surface area contributed by atoms with Crippen molar-refractivity contribution in [3.05, 3.63) is 48.0 Å². The molecule has 2 aromatic carbocycles. The number of rotatable bonds is 5. The van der Waals surface area contributed by atoms with Gasteiger partial charge < -0.3 is 15.8 Å². The van der Waals surface area contributed by atoms with E-state index in [1.807, 2.05) is 24.3 Å². The van der Waals surface area contributed by atoms with Crippen LogP contribution < -0.4 is 15.8 Å². The van der Waals surface area contributed by atoms with Crippen LogP contribution in [0.5, 0.6) is 5.75 Å². The first-order valence-electron chi connectivity index (χ1n) is 6.37. The number of para-hydroxylation sites is 1. The number of hydrogen-bond acceptors (Lipinski definition) is 5. The van der Waals surface area contributed by atoms with Crippen LogP contribution in [-0.4, -0.2) is 21.8 Å². The summed E-state index contributed by atoms with van der Waals surface area (Å²) in [5, 5.41) is 3.15. The number of nitrogen functional groups attached to an aromatic ring is 1. The van der Waals surface area contributed by atoms with Gasteiger partial charge in [0.25, 0.3) is 0 Å². The highest BCUT2D eigenvalue weighted by Gasteiger charge is 2.13. The van der Waals surface area contributed by atoms with Gasteiger partial charge in [-0.3, -0.25) is 0 Å². The molecule has 0 aliphatic rings. The third kappa shape index (κ3) is 3.66. The van der Waals surface area contributed by atoms with Crippen LogP contribution in [0.1, 0.15) is 5.56 Å². The summed E-state index contributed by atoms with van der Waals surface area (Å²) in [7, 11) is -1.72. The van der Waals surface area contributed by atoms with Crippen molar-refractivity contribution in [2.24, 2.45) is 0 Å². The van der Waals surface area contributed by atoms with Gasteiger partial charge in [-0.2, -0.15) is 0 Å². The van der Waals surface area contributed by atoms with Gasteiger partial charge in [-0.1, -0.05) is 18.2 Å². The second-order valence-electron chi connectivity index (χ2n) is 4.69. The molecule has 6 heteroatoms. The lowest BCUT2D eigenvalue weighted by Gasteiger charge is -2.12. The quantitative estimate of drug-likeness (QED) is 0.828. The lowest BCUT2D eigenvalue weighted by Crippen LogP contribution is -2.07. The molecule has 0 atom stereocenters. The Morgan fingerprint density at radius 2 is 1.90 bits per heavy atom. The lowest BCUT2D eigenvalue weighted by molar-refractivity contribution is 0.414. The fourth-order valence-electron chi connectivity index (χ4n) is 2.00. The number of nitrogens with two attached hydrogens (primary N) is 1. The highest BCUT2D eigenvalue weighted by Crippen LogP contribution is 2.27. The van der Waals surface area contributed by atoms with Crippen molar-refractivity contribution in [3.63, 3.8) is 0 Å². The Labute approximate surface area is 124 Å². The molecular weight excluding hydrogens is 288 g/mol. The Kier molecular flexibility index (Phi) is 4.37. The van der Waals surface area contributed by atoms with Crippen LogP contribution >= 0.6 is 0 Å². The van der Waals surface area contributed by atoms with E-state index in [0.717, 1.165) is 17.6 Å². The van der Waals surface area contributed by atoms with Crippen molar-refractivity contribution >= 4 is 21.2 Å². The van der Waals surface area contributed by atoms with Crippen LogP contribution in [0.3, 0.4) is 0 Å². The summed E-state index contributed by atoms with van der Waals surface area (Å²) >= 11 is 0. The zero-order chi connectivity index (χ0) is 15.5. The number of hydrogen-bond donors (Lipinski definition) is 2. The van der Waals surface area contributed by atoms with E-state index in [0.29, 0.717) is 12.2 Å². The summed E-state index contributed by atoms with van der Waals surface area (Å²) in [6.07, 6.45) is 1.14. The summed E-state index contributed by atoms with van der Waals surface area (Å²) in [6, 6.07) is 12.5. The monoisotopic (exact) mass is 306 g/mol. The van der Waals surface area contributed by atoms with Crippen molar-refractivity contribution in [3.8, 4) is 5.75 Å². The summed E-state index contributed by atoms with van der Waals surface area (Å²) in [5.74, 6) is 0.771. The summed E-state index contributed by atoms with van der Waals surface area (Å²) < 4.78 is 28.4. The second-order valence-corrected chi connectivity index (χ2v) is 6.68. The molecule has 0 aliphatic heterocycles. The molecule has 0 radical (unpaired) electrons. The zero-order valence-electron chi connectivity index (χ0n) is 12.0. The molecule has 21 heavy (non-hydrogen) atoms. The third-order valence-corrected chi connectivity index (χ3v) is 4.24. The minimum Gasteiger partial charge on any atom is -0.497 e. The fourth-order valence-corrected chi connectivity index (χ4v) is 2.84. The first kappa shape index (κ1) is 15.2. The Morgan fingerprint density at radius 3 is 2.57 bits per heavy atom. The highest BCUT2D eigenvalue weighted by molar-refractivity contribution is 7.90. The van der Waals surface area contributed by atoms with E-state index in [4.69, 9.17) is 10.5 Å². The van der Waals surface area contributed by atoms with Gasteiger partial charge >= 0.3 is 0 Å². The first-order valence-corrected chi connectivity index (χ1v) is 8.26. The minimum atomic E-state index is -3.33. The van der Waals surface area contributed by atoms with E-state index in [9.17, 15) is 8.42 Å². The van der Waals surface area contributed by atoms with Crippen LogP contribution in [0.15, 0.2) is 47.4 Å².